The molecule has 6 nitrogen and oxygen atoms in total. The molecule has 120 valence electrons. The number of hydrogen-bond donors (Lipinski definition) is 1. The van der Waals surface area contributed by atoms with Gasteiger partial charge in [-0.15, -0.1) is 5.10 Å². The van der Waals surface area contributed by atoms with Gasteiger partial charge in [0.2, 0.25) is 5.91 Å². The molecule has 0 spiro atoms. The first-order chi connectivity index (χ1) is 11.8. The normalized spacial score (nSPS) is 15.0. The summed E-state index contributed by atoms with van der Waals surface area (Å²) in [6, 6.07) is 17.4. The zero-order valence-corrected chi connectivity index (χ0v) is 13.0. The molecule has 0 aliphatic heterocycles. The third-order valence-corrected chi connectivity index (χ3v) is 4.39. The van der Waals surface area contributed by atoms with Crippen LogP contribution in [0.3, 0.4) is 0 Å². The van der Waals surface area contributed by atoms with Crippen LogP contribution in [0.25, 0.3) is 0 Å². The molecule has 1 heterocycles. The van der Waals surface area contributed by atoms with E-state index in [0.29, 0.717) is 0 Å². The summed E-state index contributed by atoms with van der Waals surface area (Å²) in [7, 11) is 0. The average Bonchev–Trinajstić information content (AvgIpc) is 3.25. The first-order valence-electron chi connectivity index (χ1n) is 7.96. The van der Waals surface area contributed by atoms with Crippen molar-refractivity contribution < 1.29 is 4.79 Å². The van der Waals surface area contributed by atoms with Crippen LogP contribution >= 0.6 is 0 Å². The Morgan fingerprint density at radius 1 is 1.04 bits per heavy atom. The Balaban J connectivity index is 1.55. The predicted molar refractivity (Wildman–Crippen MR) is 88.2 cm³/mol. The van der Waals surface area contributed by atoms with E-state index in [2.05, 4.69) is 33.0 Å². The van der Waals surface area contributed by atoms with E-state index in [-0.39, 0.29) is 11.9 Å². The Morgan fingerprint density at radius 2 is 1.71 bits per heavy atom. The number of hydrogen-bond acceptors (Lipinski definition) is 4. The highest BCUT2D eigenvalue weighted by Gasteiger charge is 2.28. The maximum atomic E-state index is 12.9. The number of rotatable bonds is 4. The molecule has 0 bridgehead atoms. The highest BCUT2D eigenvalue weighted by Crippen LogP contribution is 2.23. The van der Waals surface area contributed by atoms with E-state index in [1.165, 1.54) is 22.1 Å². The van der Waals surface area contributed by atoms with Crippen molar-refractivity contribution in [1.29, 1.82) is 0 Å². The van der Waals surface area contributed by atoms with Crippen LogP contribution in [0.4, 0.5) is 0 Å². The number of tetrazole rings is 1. The van der Waals surface area contributed by atoms with E-state index >= 15 is 0 Å². The monoisotopic (exact) mass is 319 g/mol. The van der Waals surface area contributed by atoms with Gasteiger partial charge < -0.3 is 5.32 Å². The predicted octanol–water partition coefficient (Wildman–Crippen LogP) is 1.55. The van der Waals surface area contributed by atoms with E-state index in [1.54, 1.807) is 0 Å². The van der Waals surface area contributed by atoms with Gasteiger partial charge in [-0.1, -0.05) is 54.6 Å². The van der Waals surface area contributed by atoms with E-state index < -0.39 is 6.04 Å². The van der Waals surface area contributed by atoms with Crippen LogP contribution in [-0.4, -0.2) is 32.2 Å². The van der Waals surface area contributed by atoms with Crippen molar-refractivity contribution in [3.8, 4) is 0 Å². The van der Waals surface area contributed by atoms with Crippen LogP contribution in [0.5, 0.6) is 0 Å². The molecule has 0 saturated carbocycles. The molecule has 0 unspecified atom stereocenters. The summed E-state index contributed by atoms with van der Waals surface area (Å²) in [5.41, 5.74) is 3.47. The van der Waals surface area contributed by atoms with Crippen LogP contribution in [-0.2, 0) is 17.6 Å². The zero-order chi connectivity index (χ0) is 16.4. The Morgan fingerprint density at radius 3 is 2.33 bits per heavy atom. The summed E-state index contributed by atoms with van der Waals surface area (Å²) >= 11 is 0. The van der Waals surface area contributed by atoms with Crippen molar-refractivity contribution in [2.75, 3.05) is 0 Å². The first kappa shape index (κ1) is 14.6. The van der Waals surface area contributed by atoms with Crippen LogP contribution in [0.15, 0.2) is 60.9 Å². The molecule has 1 aliphatic carbocycles. The SMILES string of the molecule is O=C(NC1Cc2ccccc2C1)[C@H](c1ccccc1)n1cnnn1. The first-order valence-corrected chi connectivity index (χ1v) is 7.96. The fourth-order valence-electron chi connectivity index (χ4n) is 3.29. The Bertz CT molecular complexity index is 807. The molecule has 0 fully saturated rings. The third kappa shape index (κ3) is 2.78. The number of carbonyl (C=O) groups is 1. The van der Waals surface area contributed by atoms with E-state index in [9.17, 15) is 4.79 Å². The summed E-state index contributed by atoms with van der Waals surface area (Å²) in [6.45, 7) is 0. The van der Waals surface area contributed by atoms with E-state index in [0.717, 1.165) is 18.4 Å². The van der Waals surface area contributed by atoms with Crippen LogP contribution < -0.4 is 5.32 Å². The molecule has 1 aliphatic rings. The molecule has 2 aromatic carbocycles. The molecule has 1 aromatic heterocycles. The lowest BCUT2D eigenvalue weighted by molar-refractivity contribution is -0.124. The van der Waals surface area contributed by atoms with Gasteiger partial charge in [-0.3, -0.25) is 4.79 Å². The molecule has 6 heteroatoms. The van der Waals surface area contributed by atoms with Crippen molar-refractivity contribution in [3.63, 3.8) is 0 Å². The highest BCUT2D eigenvalue weighted by molar-refractivity contribution is 5.83. The second-order valence-corrected chi connectivity index (χ2v) is 5.99. The number of nitrogens with one attached hydrogen (secondary N) is 1. The number of fused-ring (bicyclic) bond motifs is 1. The highest BCUT2D eigenvalue weighted by atomic mass is 16.2. The standard InChI is InChI=1S/C18H17N5O/c24-18(20-16-10-14-8-4-5-9-15(14)11-16)17(23-12-19-21-22-23)13-6-2-1-3-7-13/h1-9,12,16-17H,10-11H2,(H,20,24)/t17-/m0/s1. The van der Waals surface area contributed by atoms with Crippen molar-refractivity contribution in [2.45, 2.75) is 24.9 Å². The fourth-order valence-corrected chi connectivity index (χ4v) is 3.29. The molecule has 0 radical (unpaired) electrons. The van der Waals surface area contributed by atoms with Crippen molar-refractivity contribution >= 4 is 5.91 Å². The fraction of sp³-hybridized carbons (Fsp3) is 0.222. The quantitative estimate of drug-likeness (QED) is 0.792. The van der Waals surface area contributed by atoms with Gasteiger partial charge in [0, 0.05) is 6.04 Å². The maximum absolute atomic E-state index is 12.9. The van der Waals surface area contributed by atoms with Crippen LogP contribution in [0.1, 0.15) is 22.7 Å². The zero-order valence-electron chi connectivity index (χ0n) is 13.0. The lowest BCUT2D eigenvalue weighted by Gasteiger charge is -2.19. The Hall–Kier alpha value is -3.02. The van der Waals surface area contributed by atoms with Gasteiger partial charge >= 0.3 is 0 Å². The molecule has 3 aromatic rings. The van der Waals surface area contributed by atoms with Crippen molar-refractivity contribution in [2.24, 2.45) is 0 Å². The van der Waals surface area contributed by atoms with Gasteiger partial charge in [0.15, 0.2) is 6.04 Å². The van der Waals surface area contributed by atoms with Gasteiger partial charge in [0.1, 0.15) is 6.33 Å². The lowest BCUT2D eigenvalue weighted by atomic mass is 10.1. The minimum absolute atomic E-state index is 0.0914. The molecule has 1 amide bonds. The Labute approximate surface area is 139 Å². The largest absolute Gasteiger partial charge is 0.351 e. The Kier molecular flexibility index (Phi) is 3.78. The molecule has 1 atom stereocenters. The second-order valence-electron chi connectivity index (χ2n) is 5.99. The number of amides is 1. The molecule has 24 heavy (non-hydrogen) atoms. The number of benzene rings is 2. The average molecular weight is 319 g/mol. The minimum atomic E-state index is -0.565. The smallest absolute Gasteiger partial charge is 0.249 e. The summed E-state index contributed by atoms with van der Waals surface area (Å²) in [5, 5.41) is 14.4. The molecular formula is C18H17N5O. The van der Waals surface area contributed by atoms with E-state index in [1.807, 2.05) is 42.5 Å². The number of aromatic nitrogens is 4. The maximum Gasteiger partial charge on any atom is 0.249 e. The molecular weight excluding hydrogens is 302 g/mol. The summed E-state index contributed by atoms with van der Waals surface area (Å²) in [6.07, 6.45) is 3.19. The summed E-state index contributed by atoms with van der Waals surface area (Å²) in [4.78, 5) is 12.9. The summed E-state index contributed by atoms with van der Waals surface area (Å²) in [5.74, 6) is -0.0914. The molecule has 4 rings (SSSR count). The van der Waals surface area contributed by atoms with Gasteiger partial charge in [-0.25, -0.2) is 4.68 Å². The minimum Gasteiger partial charge on any atom is -0.351 e. The van der Waals surface area contributed by atoms with Gasteiger partial charge in [-0.05, 0) is 40.0 Å². The van der Waals surface area contributed by atoms with Crippen molar-refractivity contribution in [3.05, 3.63) is 77.6 Å². The second kappa shape index (κ2) is 6.23. The third-order valence-electron chi connectivity index (χ3n) is 4.39. The van der Waals surface area contributed by atoms with Crippen LogP contribution in [0.2, 0.25) is 0 Å². The number of nitrogens with zero attached hydrogens (tertiary/aromatic N) is 4. The van der Waals surface area contributed by atoms with Gasteiger partial charge in [0.05, 0.1) is 0 Å². The molecule has 0 saturated heterocycles. The number of carbonyl (C=O) groups excluding carboxylic acids is 1. The van der Waals surface area contributed by atoms with Gasteiger partial charge in [0.25, 0.3) is 0 Å². The van der Waals surface area contributed by atoms with E-state index in [4.69, 9.17) is 0 Å². The topological polar surface area (TPSA) is 72.7 Å². The van der Waals surface area contributed by atoms with Gasteiger partial charge in [-0.2, -0.15) is 0 Å². The molecule has 1 N–H and O–H groups in total. The lowest BCUT2D eigenvalue weighted by Crippen LogP contribution is -2.40. The van der Waals surface area contributed by atoms with Crippen molar-refractivity contribution in [1.82, 2.24) is 25.5 Å². The summed E-state index contributed by atoms with van der Waals surface area (Å²) < 4.78 is 1.49. The van der Waals surface area contributed by atoms with Crippen LogP contribution in [0, 0.1) is 0 Å².